The molecule has 2 rings (SSSR count). The topological polar surface area (TPSA) is 24.0 Å². The van der Waals surface area contributed by atoms with Crippen molar-refractivity contribution in [3.05, 3.63) is 28.0 Å². The van der Waals surface area contributed by atoms with Gasteiger partial charge in [-0.25, -0.2) is 0 Å². The van der Waals surface area contributed by atoms with E-state index in [2.05, 4.69) is 28.3 Å². The first-order chi connectivity index (χ1) is 9.15. The largest absolute Gasteiger partial charge is 0.331 e. The molecule has 2 aromatic rings. The van der Waals surface area contributed by atoms with E-state index in [1.54, 1.807) is 0 Å². The maximum absolute atomic E-state index is 6.06. The van der Waals surface area contributed by atoms with Crippen LogP contribution in [0, 0.1) is 4.77 Å². The SMILES string of the molecule is CCN(CC)CCCn1c(=S)[nH]c2ccc(Cl)cc21. The van der Waals surface area contributed by atoms with Crippen molar-refractivity contribution in [1.29, 1.82) is 0 Å². The molecule has 0 aliphatic heterocycles. The number of H-pyrrole nitrogens is 1. The zero-order valence-corrected chi connectivity index (χ0v) is 13.0. The number of hydrogen-bond donors (Lipinski definition) is 1. The molecule has 0 fully saturated rings. The Morgan fingerprint density at radius 3 is 2.74 bits per heavy atom. The quantitative estimate of drug-likeness (QED) is 0.812. The molecule has 1 N–H and O–H groups in total. The summed E-state index contributed by atoms with van der Waals surface area (Å²) in [5.41, 5.74) is 2.15. The van der Waals surface area contributed by atoms with Gasteiger partial charge in [0.2, 0.25) is 0 Å². The molecule has 0 atom stereocenters. The molecule has 104 valence electrons. The number of rotatable bonds is 6. The molecule has 5 heteroatoms. The first-order valence-electron chi connectivity index (χ1n) is 6.76. The molecular weight excluding hydrogens is 278 g/mol. The first kappa shape index (κ1) is 14.6. The molecule has 0 bridgehead atoms. The fraction of sp³-hybridized carbons (Fsp3) is 0.500. The summed E-state index contributed by atoms with van der Waals surface area (Å²) in [6.45, 7) is 8.61. The van der Waals surface area contributed by atoms with Crippen LogP contribution in [0.3, 0.4) is 0 Å². The predicted octanol–water partition coefficient (Wildman–Crippen LogP) is 4.08. The Labute approximate surface area is 124 Å². The van der Waals surface area contributed by atoms with Gasteiger partial charge in [0.25, 0.3) is 0 Å². The van der Waals surface area contributed by atoms with E-state index < -0.39 is 0 Å². The molecule has 0 amide bonds. The maximum Gasteiger partial charge on any atom is 0.178 e. The smallest absolute Gasteiger partial charge is 0.178 e. The number of nitrogens with one attached hydrogen (secondary N) is 1. The number of aromatic amines is 1. The molecule has 1 aromatic heterocycles. The van der Waals surface area contributed by atoms with Crippen LogP contribution in [0.25, 0.3) is 11.0 Å². The van der Waals surface area contributed by atoms with E-state index in [-0.39, 0.29) is 0 Å². The lowest BCUT2D eigenvalue weighted by molar-refractivity contribution is 0.293. The van der Waals surface area contributed by atoms with Gasteiger partial charge in [-0.05, 0) is 56.5 Å². The summed E-state index contributed by atoms with van der Waals surface area (Å²) in [5, 5.41) is 0.749. The lowest BCUT2D eigenvalue weighted by Gasteiger charge is -2.17. The fourth-order valence-electron chi connectivity index (χ4n) is 2.34. The van der Waals surface area contributed by atoms with E-state index in [4.69, 9.17) is 23.8 Å². The number of imidazole rings is 1. The number of nitrogens with zero attached hydrogens (tertiary/aromatic N) is 2. The molecule has 0 spiro atoms. The van der Waals surface area contributed by atoms with Gasteiger partial charge in [-0.3, -0.25) is 0 Å². The second kappa shape index (κ2) is 6.55. The minimum Gasteiger partial charge on any atom is -0.331 e. The van der Waals surface area contributed by atoms with Gasteiger partial charge in [0, 0.05) is 11.6 Å². The van der Waals surface area contributed by atoms with Crippen molar-refractivity contribution in [3.8, 4) is 0 Å². The lowest BCUT2D eigenvalue weighted by Crippen LogP contribution is -2.24. The molecule has 3 nitrogen and oxygen atoms in total. The van der Waals surface area contributed by atoms with Crippen molar-refractivity contribution in [1.82, 2.24) is 14.5 Å². The molecule has 0 saturated carbocycles. The highest BCUT2D eigenvalue weighted by Gasteiger charge is 2.05. The Morgan fingerprint density at radius 2 is 2.05 bits per heavy atom. The minimum atomic E-state index is 0.749. The van der Waals surface area contributed by atoms with Crippen LogP contribution in [-0.4, -0.2) is 34.1 Å². The van der Waals surface area contributed by atoms with E-state index in [0.717, 1.165) is 53.4 Å². The Bertz CT molecular complexity index is 598. The van der Waals surface area contributed by atoms with Gasteiger partial charge in [-0.1, -0.05) is 25.4 Å². The number of hydrogen-bond acceptors (Lipinski definition) is 2. The van der Waals surface area contributed by atoms with Crippen LogP contribution in [-0.2, 0) is 6.54 Å². The number of aryl methyl sites for hydroxylation is 1. The summed E-state index contributed by atoms with van der Waals surface area (Å²) >= 11 is 11.4. The third-order valence-electron chi connectivity index (χ3n) is 3.49. The van der Waals surface area contributed by atoms with Crippen molar-refractivity contribution in [3.63, 3.8) is 0 Å². The molecule has 0 radical (unpaired) electrons. The normalized spacial score (nSPS) is 11.6. The highest BCUT2D eigenvalue weighted by atomic mass is 35.5. The third-order valence-corrected chi connectivity index (χ3v) is 4.05. The molecule has 1 heterocycles. The van der Waals surface area contributed by atoms with Crippen LogP contribution in [0.15, 0.2) is 18.2 Å². The van der Waals surface area contributed by atoms with E-state index in [1.165, 1.54) is 0 Å². The zero-order chi connectivity index (χ0) is 13.8. The van der Waals surface area contributed by atoms with Crippen LogP contribution >= 0.6 is 23.8 Å². The zero-order valence-electron chi connectivity index (χ0n) is 11.4. The lowest BCUT2D eigenvalue weighted by atomic mass is 10.3. The standard InChI is InChI=1S/C14H20ClN3S/c1-3-17(4-2)8-5-9-18-13-10-11(15)6-7-12(13)16-14(18)19/h6-7,10H,3-5,8-9H2,1-2H3,(H,16,19). The summed E-state index contributed by atoms with van der Waals surface area (Å²) in [7, 11) is 0. The second-order valence-corrected chi connectivity index (χ2v) is 5.45. The van der Waals surface area contributed by atoms with E-state index in [1.807, 2.05) is 18.2 Å². The van der Waals surface area contributed by atoms with Gasteiger partial charge in [-0.15, -0.1) is 0 Å². The molecule has 0 aliphatic rings. The highest BCUT2D eigenvalue weighted by Crippen LogP contribution is 2.19. The summed E-state index contributed by atoms with van der Waals surface area (Å²) < 4.78 is 2.91. The summed E-state index contributed by atoms with van der Waals surface area (Å²) in [6.07, 6.45) is 1.09. The summed E-state index contributed by atoms with van der Waals surface area (Å²) in [4.78, 5) is 5.65. The molecule has 19 heavy (non-hydrogen) atoms. The van der Waals surface area contributed by atoms with Gasteiger partial charge < -0.3 is 14.5 Å². The van der Waals surface area contributed by atoms with Gasteiger partial charge >= 0.3 is 0 Å². The second-order valence-electron chi connectivity index (χ2n) is 4.62. The van der Waals surface area contributed by atoms with Crippen LogP contribution in [0.5, 0.6) is 0 Å². The monoisotopic (exact) mass is 297 g/mol. The van der Waals surface area contributed by atoms with Crippen molar-refractivity contribution < 1.29 is 0 Å². The van der Waals surface area contributed by atoms with Crippen LogP contribution < -0.4 is 0 Å². The number of halogens is 1. The van der Waals surface area contributed by atoms with Crippen molar-refractivity contribution >= 4 is 34.9 Å². The van der Waals surface area contributed by atoms with Crippen molar-refractivity contribution in [2.75, 3.05) is 19.6 Å². The van der Waals surface area contributed by atoms with Crippen molar-refractivity contribution in [2.24, 2.45) is 0 Å². The highest BCUT2D eigenvalue weighted by molar-refractivity contribution is 7.71. The summed E-state index contributed by atoms with van der Waals surface area (Å²) in [6, 6.07) is 5.84. The van der Waals surface area contributed by atoms with Gasteiger partial charge in [0.05, 0.1) is 11.0 Å². The molecule has 0 unspecified atom stereocenters. The first-order valence-corrected chi connectivity index (χ1v) is 7.54. The Balaban J connectivity index is 2.14. The molecule has 0 saturated heterocycles. The van der Waals surface area contributed by atoms with Crippen LogP contribution in [0.2, 0.25) is 5.02 Å². The van der Waals surface area contributed by atoms with Crippen LogP contribution in [0.4, 0.5) is 0 Å². The number of benzene rings is 1. The molecule has 1 aromatic carbocycles. The Hall–Kier alpha value is -0.840. The Kier molecular flexibility index (Phi) is 5.02. The van der Waals surface area contributed by atoms with Crippen molar-refractivity contribution in [2.45, 2.75) is 26.8 Å². The average Bonchev–Trinajstić information content (AvgIpc) is 2.71. The average molecular weight is 298 g/mol. The molecular formula is C14H20ClN3S. The Morgan fingerprint density at radius 1 is 1.32 bits per heavy atom. The van der Waals surface area contributed by atoms with Gasteiger partial charge in [0.1, 0.15) is 0 Å². The number of aromatic nitrogens is 2. The minimum absolute atomic E-state index is 0.749. The van der Waals surface area contributed by atoms with Gasteiger partial charge in [-0.2, -0.15) is 0 Å². The summed E-state index contributed by atoms with van der Waals surface area (Å²) in [5.74, 6) is 0. The fourth-order valence-corrected chi connectivity index (χ4v) is 2.81. The van der Waals surface area contributed by atoms with E-state index in [0.29, 0.717) is 0 Å². The van der Waals surface area contributed by atoms with E-state index >= 15 is 0 Å². The third kappa shape index (κ3) is 3.38. The van der Waals surface area contributed by atoms with Gasteiger partial charge in [0.15, 0.2) is 4.77 Å². The van der Waals surface area contributed by atoms with E-state index in [9.17, 15) is 0 Å². The predicted molar refractivity (Wildman–Crippen MR) is 84.5 cm³/mol. The molecule has 0 aliphatic carbocycles. The number of fused-ring (bicyclic) bond motifs is 1. The van der Waals surface area contributed by atoms with Crippen LogP contribution in [0.1, 0.15) is 20.3 Å². The maximum atomic E-state index is 6.06.